The van der Waals surface area contributed by atoms with Crippen LogP contribution in [0.3, 0.4) is 0 Å². The standard InChI is InChI=1S/C31H29NO7/c33-18-25-27(34)28-30(37-25)39-31(38-28,23-14-8-3-9-15-23)24-16-17-26(35-19-21-10-4-1-5-11-21)32-29(24)36-20-22-12-6-2-7-13-22/h1-17,25,27-28,30,33-34H,18-20H2/t25-,27+,28+,30+,31-/m0/s1. The Morgan fingerprint density at radius 1 is 0.744 bits per heavy atom. The van der Waals surface area contributed by atoms with Crippen molar-refractivity contribution in [2.45, 2.75) is 43.6 Å². The molecule has 6 rings (SSSR count). The van der Waals surface area contributed by atoms with Gasteiger partial charge in [0.15, 0.2) is 6.29 Å². The molecule has 2 fully saturated rings. The van der Waals surface area contributed by atoms with Gasteiger partial charge in [0.25, 0.3) is 0 Å². The van der Waals surface area contributed by atoms with E-state index in [4.69, 9.17) is 28.7 Å². The van der Waals surface area contributed by atoms with E-state index in [-0.39, 0.29) is 19.1 Å². The summed E-state index contributed by atoms with van der Waals surface area (Å²) in [7, 11) is 0. The number of fused-ring (bicyclic) bond motifs is 1. The number of aliphatic hydroxyl groups is 2. The molecule has 0 bridgehead atoms. The molecule has 0 spiro atoms. The van der Waals surface area contributed by atoms with Gasteiger partial charge in [0.1, 0.15) is 31.5 Å². The molecule has 0 radical (unpaired) electrons. The highest BCUT2D eigenvalue weighted by Gasteiger charge is 2.59. The van der Waals surface area contributed by atoms with Crippen LogP contribution in [0.4, 0.5) is 0 Å². The maximum Gasteiger partial charge on any atom is 0.230 e. The first-order valence-corrected chi connectivity index (χ1v) is 12.9. The second-order valence-electron chi connectivity index (χ2n) is 9.45. The molecule has 0 saturated carbocycles. The first kappa shape index (κ1) is 25.5. The van der Waals surface area contributed by atoms with Crippen molar-refractivity contribution < 1.29 is 33.9 Å². The van der Waals surface area contributed by atoms with E-state index in [0.29, 0.717) is 23.6 Å². The van der Waals surface area contributed by atoms with E-state index in [9.17, 15) is 10.2 Å². The lowest BCUT2D eigenvalue weighted by molar-refractivity contribution is -0.222. The van der Waals surface area contributed by atoms with Crippen molar-refractivity contribution in [3.05, 3.63) is 125 Å². The van der Waals surface area contributed by atoms with Crippen molar-refractivity contribution in [2.75, 3.05) is 6.61 Å². The number of ether oxygens (including phenoxy) is 5. The fourth-order valence-electron chi connectivity index (χ4n) is 4.85. The molecule has 3 heterocycles. The van der Waals surface area contributed by atoms with Crippen LogP contribution in [0.25, 0.3) is 0 Å². The van der Waals surface area contributed by atoms with Crippen LogP contribution < -0.4 is 9.47 Å². The van der Waals surface area contributed by atoms with E-state index in [1.165, 1.54) is 0 Å². The average molecular weight is 528 g/mol. The maximum atomic E-state index is 10.8. The van der Waals surface area contributed by atoms with Crippen molar-refractivity contribution in [3.63, 3.8) is 0 Å². The van der Waals surface area contributed by atoms with Crippen molar-refractivity contribution in [3.8, 4) is 11.8 Å². The third kappa shape index (κ3) is 5.13. The zero-order valence-electron chi connectivity index (χ0n) is 21.1. The molecule has 8 nitrogen and oxygen atoms in total. The van der Waals surface area contributed by atoms with Gasteiger partial charge >= 0.3 is 0 Å². The van der Waals surface area contributed by atoms with Gasteiger partial charge in [-0.15, -0.1) is 0 Å². The molecule has 8 heteroatoms. The summed E-state index contributed by atoms with van der Waals surface area (Å²) in [5.41, 5.74) is 3.16. The first-order chi connectivity index (χ1) is 19.2. The Hall–Kier alpha value is -3.79. The number of benzene rings is 3. The van der Waals surface area contributed by atoms with Gasteiger partial charge in [0.2, 0.25) is 17.5 Å². The Bertz CT molecular complexity index is 1370. The lowest BCUT2D eigenvalue weighted by Crippen LogP contribution is -2.38. The van der Waals surface area contributed by atoms with Gasteiger partial charge in [0, 0.05) is 11.6 Å². The molecule has 39 heavy (non-hydrogen) atoms. The smallest absolute Gasteiger partial charge is 0.230 e. The topological polar surface area (TPSA) is 99.5 Å². The van der Waals surface area contributed by atoms with Crippen LogP contribution in [0.2, 0.25) is 0 Å². The molecule has 1 aromatic heterocycles. The van der Waals surface area contributed by atoms with Gasteiger partial charge in [-0.05, 0) is 17.2 Å². The molecule has 2 saturated heterocycles. The van der Waals surface area contributed by atoms with Gasteiger partial charge in [-0.3, -0.25) is 0 Å². The minimum absolute atomic E-state index is 0.256. The molecule has 5 atom stereocenters. The summed E-state index contributed by atoms with van der Waals surface area (Å²) in [6.45, 7) is 0.251. The molecule has 2 aliphatic heterocycles. The molecular weight excluding hydrogens is 498 g/mol. The molecule has 200 valence electrons. The van der Waals surface area contributed by atoms with Crippen LogP contribution in [0.5, 0.6) is 11.8 Å². The highest BCUT2D eigenvalue weighted by atomic mass is 16.8. The van der Waals surface area contributed by atoms with Gasteiger partial charge in [0.05, 0.1) is 12.2 Å². The summed E-state index contributed by atoms with van der Waals surface area (Å²) in [6.07, 6.45) is -3.58. The first-order valence-electron chi connectivity index (χ1n) is 12.9. The van der Waals surface area contributed by atoms with Crippen molar-refractivity contribution >= 4 is 0 Å². The van der Waals surface area contributed by atoms with Crippen LogP contribution in [0.15, 0.2) is 103 Å². The fourth-order valence-corrected chi connectivity index (χ4v) is 4.85. The number of pyridine rings is 1. The highest BCUT2D eigenvalue weighted by Crippen LogP contribution is 2.49. The summed E-state index contributed by atoms with van der Waals surface area (Å²) in [6, 6.07) is 32.5. The maximum absolute atomic E-state index is 10.8. The Balaban J connectivity index is 1.38. The largest absolute Gasteiger partial charge is 0.473 e. The Morgan fingerprint density at radius 2 is 1.36 bits per heavy atom. The minimum atomic E-state index is -1.48. The normalized spacial score (nSPS) is 25.8. The fraction of sp³-hybridized carbons (Fsp3) is 0.258. The van der Waals surface area contributed by atoms with E-state index < -0.39 is 30.4 Å². The van der Waals surface area contributed by atoms with Gasteiger partial charge in [-0.25, -0.2) is 0 Å². The summed E-state index contributed by atoms with van der Waals surface area (Å²) in [5.74, 6) is -0.834. The average Bonchev–Trinajstić information content (AvgIpc) is 3.52. The van der Waals surface area contributed by atoms with Crippen molar-refractivity contribution in [1.29, 1.82) is 0 Å². The van der Waals surface area contributed by atoms with E-state index in [0.717, 1.165) is 11.1 Å². The second kappa shape index (κ2) is 11.1. The zero-order chi connectivity index (χ0) is 26.7. The molecule has 2 N–H and O–H groups in total. The highest BCUT2D eigenvalue weighted by molar-refractivity contribution is 5.42. The number of rotatable bonds is 9. The lowest BCUT2D eigenvalue weighted by Gasteiger charge is -2.32. The summed E-state index contributed by atoms with van der Waals surface area (Å²) >= 11 is 0. The molecule has 2 aliphatic rings. The molecule has 4 aromatic rings. The molecule has 3 aromatic carbocycles. The lowest BCUT2D eigenvalue weighted by atomic mass is 9.98. The predicted octanol–water partition coefficient (Wildman–Crippen LogP) is 3.93. The SMILES string of the molecule is OC[C@@H]1O[C@@H]2O[C@@](c3ccccc3)(c3ccc(OCc4ccccc4)nc3OCc3ccccc3)O[C@@H]2[C@@H]1O. The zero-order valence-corrected chi connectivity index (χ0v) is 21.1. The van der Waals surface area contributed by atoms with Crippen molar-refractivity contribution in [1.82, 2.24) is 4.98 Å². The third-order valence-electron chi connectivity index (χ3n) is 6.85. The molecule has 0 amide bonds. The number of hydrogen-bond donors (Lipinski definition) is 2. The molecular formula is C31H29NO7. The number of hydrogen-bond acceptors (Lipinski definition) is 8. The number of aromatic nitrogens is 1. The van der Waals surface area contributed by atoms with Gasteiger partial charge < -0.3 is 33.9 Å². The van der Waals surface area contributed by atoms with Gasteiger partial charge in [-0.2, -0.15) is 4.98 Å². The van der Waals surface area contributed by atoms with E-state index in [1.807, 2.05) is 91.0 Å². The van der Waals surface area contributed by atoms with E-state index >= 15 is 0 Å². The van der Waals surface area contributed by atoms with Gasteiger partial charge in [-0.1, -0.05) is 91.0 Å². The van der Waals surface area contributed by atoms with E-state index in [2.05, 4.69) is 0 Å². The van der Waals surface area contributed by atoms with Crippen LogP contribution >= 0.6 is 0 Å². The Morgan fingerprint density at radius 3 is 1.97 bits per heavy atom. The van der Waals surface area contributed by atoms with Crippen LogP contribution in [0, 0.1) is 0 Å². The summed E-state index contributed by atoms with van der Waals surface area (Å²) in [4.78, 5) is 4.71. The van der Waals surface area contributed by atoms with Crippen LogP contribution in [0.1, 0.15) is 22.3 Å². The van der Waals surface area contributed by atoms with E-state index in [1.54, 1.807) is 12.1 Å². The molecule has 0 unspecified atom stereocenters. The summed E-state index contributed by atoms with van der Waals surface area (Å²) in [5, 5.41) is 20.4. The third-order valence-corrected chi connectivity index (χ3v) is 6.85. The molecule has 0 aliphatic carbocycles. The Kier molecular flexibility index (Phi) is 7.28. The quantitative estimate of drug-likeness (QED) is 0.338. The predicted molar refractivity (Wildman–Crippen MR) is 141 cm³/mol. The monoisotopic (exact) mass is 527 g/mol. The van der Waals surface area contributed by atoms with Crippen LogP contribution in [-0.4, -0.2) is 46.4 Å². The number of aliphatic hydroxyl groups excluding tert-OH is 2. The number of nitrogens with zero attached hydrogens (tertiary/aromatic N) is 1. The summed E-state index contributed by atoms with van der Waals surface area (Å²) < 4.78 is 31.0. The Labute approximate surface area is 226 Å². The second-order valence-corrected chi connectivity index (χ2v) is 9.45. The van der Waals surface area contributed by atoms with Crippen molar-refractivity contribution in [2.24, 2.45) is 0 Å². The minimum Gasteiger partial charge on any atom is -0.473 e. The van der Waals surface area contributed by atoms with Crippen LogP contribution in [-0.2, 0) is 33.2 Å².